The minimum absolute atomic E-state index is 0.0146. The highest BCUT2D eigenvalue weighted by atomic mass is 19.2. The minimum atomic E-state index is -0.992. The first-order valence-corrected chi connectivity index (χ1v) is 11.5. The van der Waals surface area contributed by atoms with Crippen LogP contribution in [0.4, 0.5) is 14.5 Å². The molecule has 0 spiro atoms. The van der Waals surface area contributed by atoms with Crippen LogP contribution in [-0.4, -0.2) is 16.3 Å². The lowest BCUT2D eigenvalue weighted by atomic mass is 9.94. The van der Waals surface area contributed by atoms with Crippen LogP contribution in [0, 0.1) is 18.6 Å². The Morgan fingerprint density at radius 2 is 1.75 bits per heavy atom. The second-order valence-electron chi connectivity index (χ2n) is 8.95. The van der Waals surface area contributed by atoms with Crippen LogP contribution in [0.3, 0.4) is 0 Å². The normalized spacial score (nSPS) is 12.4. The Balaban J connectivity index is 1.39. The van der Waals surface area contributed by atoms with E-state index in [1.165, 1.54) is 22.9 Å². The van der Waals surface area contributed by atoms with Crippen molar-refractivity contribution in [3.8, 4) is 11.1 Å². The van der Waals surface area contributed by atoms with E-state index in [9.17, 15) is 23.2 Å². The summed E-state index contributed by atoms with van der Waals surface area (Å²) < 4.78 is 28.1. The van der Waals surface area contributed by atoms with E-state index in [1.807, 2.05) is 43.3 Å². The minimum Gasteiger partial charge on any atom is -0.326 e. The number of nitrogens with zero attached hydrogens (tertiary/aromatic N) is 1. The Bertz CT molecular complexity index is 1590. The van der Waals surface area contributed by atoms with Gasteiger partial charge in [0.1, 0.15) is 0 Å². The third kappa shape index (κ3) is 4.60. The van der Waals surface area contributed by atoms with Crippen molar-refractivity contribution in [3.05, 3.63) is 123 Å². The number of amides is 1. The Morgan fingerprint density at radius 3 is 2.56 bits per heavy atom. The highest BCUT2D eigenvalue weighted by Crippen LogP contribution is 2.31. The SMILES string of the molecule is Cc1ccc(CC(=O)c2cccn(Cc3ccc(F)c(F)c3)c2=O)cc1-c1ccc2c(c1)NC(=O)C2. The van der Waals surface area contributed by atoms with Crippen molar-refractivity contribution in [2.75, 3.05) is 5.32 Å². The van der Waals surface area contributed by atoms with Gasteiger partial charge < -0.3 is 9.88 Å². The molecule has 0 fully saturated rings. The molecule has 5 nitrogen and oxygen atoms in total. The number of benzene rings is 3. The predicted octanol–water partition coefficient (Wildman–Crippen LogP) is 5.07. The van der Waals surface area contributed by atoms with Crippen molar-refractivity contribution in [1.82, 2.24) is 4.57 Å². The van der Waals surface area contributed by atoms with Gasteiger partial charge in [-0.2, -0.15) is 0 Å². The maximum Gasteiger partial charge on any atom is 0.261 e. The lowest BCUT2D eigenvalue weighted by Crippen LogP contribution is -2.27. The number of halogens is 2. The lowest BCUT2D eigenvalue weighted by Gasteiger charge is -2.11. The molecule has 2 heterocycles. The first kappa shape index (κ1) is 23.4. The monoisotopic (exact) mass is 484 g/mol. The first-order chi connectivity index (χ1) is 17.3. The number of carbonyl (C=O) groups is 2. The summed E-state index contributed by atoms with van der Waals surface area (Å²) in [6, 6.07) is 18.0. The molecule has 5 rings (SSSR count). The van der Waals surface area contributed by atoms with Gasteiger partial charge in [-0.05, 0) is 70.6 Å². The van der Waals surface area contributed by atoms with Crippen LogP contribution in [0.15, 0.2) is 77.7 Å². The van der Waals surface area contributed by atoms with Crippen molar-refractivity contribution in [2.24, 2.45) is 0 Å². The molecule has 1 aliphatic heterocycles. The fourth-order valence-electron chi connectivity index (χ4n) is 4.46. The average Bonchev–Trinajstić information content (AvgIpc) is 3.23. The quantitative estimate of drug-likeness (QED) is 0.389. The molecule has 0 aliphatic carbocycles. The van der Waals surface area contributed by atoms with Crippen molar-refractivity contribution in [1.29, 1.82) is 0 Å². The van der Waals surface area contributed by atoms with Crippen LogP contribution in [0.2, 0.25) is 0 Å². The number of aromatic nitrogens is 1. The molecule has 1 aliphatic rings. The highest BCUT2D eigenvalue weighted by molar-refractivity contribution is 6.00. The molecule has 7 heteroatoms. The van der Waals surface area contributed by atoms with Gasteiger partial charge in [0.25, 0.3) is 5.56 Å². The third-order valence-electron chi connectivity index (χ3n) is 6.37. The Kier molecular flexibility index (Phi) is 6.06. The molecule has 0 unspecified atom stereocenters. The van der Waals surface area contributed by atoms with E-state index in [4.69, 9.17) is 0 Å². The zero-order valence-corrected chi connectivity index (χ0v) is 19.5. The lowest BCUT2D eigenvalue weighted by molar-refractivity contribution is -0.115. The van der Waals surface area contributed by atoms with Gasteiger partial charge in [-0.3, -0.25) is 14.4 Å². The molecule has 36 heavy (non-hydrogen) atoms. The maximum absolute atomic E-state index is 13.6. The number of fused-ring (bicyclic) bond motifs is 1. The third-order valence-corrected chi connectivity index (χ3v) is 6.37. The summed E-state index contributed by atoms with van der Waals surface area (Å²) in [6.07, 6.45) is 1.91. The van der Waals surface area contributed by atoms with Crippen molar-refractivity contribution >= 4 is 17.4 Å². The number of pyridine rings is 1. The number of carbonyl (C=O) groups excluding carboxylic acids is 2. The van der Waals surface area contributed by atoms with E-state index in [1.54, 1.807) is 6.07 Å². The van der Waals surface area contributed by atoms with E-state index in [-0.39, 0.29) is 30.2 Å². The van der Waals surface area contributed by atoms with E-state index < -0.39 is 17.2 Å². The van der Waals surface area contributed by atoms with Crippen molar-refractivity contribution in [3.63, 3.8) is 0 Å². The average molecular weight is 485 g/mol. The number of hydrogen-bond acceptors (Lipinski definition) is 3. The molecular formula is C29H22F2N2O3. The molecule has 0 saturated carbocycles. The molecule has 0 atom stereocenters. The molecule has 0 radical (unpaired) electrons. The van der Waals surface area contributed by atoms with Crippen LogP contribution in [0.5, 0.6) is 0 Å². The van der Waals surface area contributed by atoms with Gasteiger partial charge in [0.05, 0.1) is 18.5 Å². The molecule has 3 aromatic carbocycles. The van der Waals surface area contributed by atoms with Gasteiger partial charge in [0.15, 0.2) is 17.4 Å². The number of rotatable bonds is 6. The number of hydrogen-bond donors (Lipinski definition) is 1. The van der Waals surface area contributed by atoms with E-state index >= 15 is 0 Å². The summed E-state index contributed by atoms with van der Waals surface area (Å²) in [7, 11) is 0. The number of nitrogens with one attached hydrogen (secondary N) is 1. The zero-order valence-electron chi connectivity index (χ0n) is 19.5. The predicted molar refractivity (Wildman–Crippen MR) is 133 cm³/mol. The van der Waals surface area contributed by atoms with E-state index in [0.29, 0.717) is 12.0 Å². The largest absolute Gasteiger partial charge is 0.326 e. The Morgan fingerprint density at radius 1 is 0.944 bits per heavy atom. The van der Waals surface area contributed by atoms with Gasteiger partial charge in [-0.15, -0.1) is 0 Å². The van der Waals surface area contributed by atoms with E-state index in [2.05, 4.69) is 5.32 Å². The van der Waals surface area contributed by atoms with Crippen LogP contribution >= 0.6 is 0 Å². The summed E-state index contributed by atoms with van der Waals surface area (Å²) in [6.45, 7) is 1.99. The molecule has 1 amide bonds. The number of Topliss-reactive ketones (excluding diaryl/α,β-unsaturated/α-hetero) is 1. The van der Waals surface area contributed by atoms with Crippen LogP contribution in [0.25, 0.3) is 11.1 Å². The van der Waals surface area contributed by atoms with Gasteiger partial charge in [-0.1, -0.05) is 36.4 Å². The molecule has 4 aromatic rings. The standard InChI is InChI=1S/C29H22F2N2O3/c1-17-4-5-18(11-23(17)20-7-8-21-15-28(35)32-26(21)14-20)13-27(34)22-3-2-10-33(29(22)36)16-19-6-9-24(30)25(31)12-19/h2-12,14H,13,15-16H2,1H3,(H,32,35). The molecule has 1 aromatic heterocycles. The summed E-state index contributed by atoms with van der Waals surface area (Å²) in [5.74, 6) is -2.32. The second kappa shape index (κ2) is 9.34. The smallest absolute Gasteiger partial charge is 0.261 e. The van der Waals surface area contributed by atoms with Crippen LogP contribution < -0.4 is 10.9 Å². The highest BCUT2D eigenvalue weighted by Gasteiger charge is 2.19. The fraction of sp³-hybridized carbons (Fsp3) is 0.138. The number of aryl methyl sites for hydroxylation is 1. The summed E-state index contributed by atoms with van der Waals surface area (Å²) in [4.78, 5) is 37.8. The molecule has 0 saturated heterocycles. The summed E-state index contributed by atoms with van der Waals surface area (Å²) in [5, 5.41) is 2.86. The van der Waals surface area contributed by atoms with Crippen molar-refractivity contribution < 1.29 is 18.4 Å². The van der Waals surface area contributed by atoms with E-state index in [0.717, 1.165) is 45.6 Å². The number of ketones is 1. The van der Waals surface area contributed by atoms with Crippen molar-refractivity contribution in [2.45, 2.75) is 26.3 Å². The Labute approximate surface area is 206 Å². The molecule has 0 bridgehead atoms. The Hall–Kier alpha value is -4.39. The van der Waals surface area contributed by atoms with Gasteiger partial charge >= 0.3 is 0 Å². The van der Waals surface area contributed by atoms with Crippen LogP contribution in [0.1, 0.15) is 32.6 Å². The maximum atomic E-state index is 13.6. The summed E-state index contributed by atoms with van der Waals surface area (Å²) >= 11 is 0. The topological polar surface area (TPSA) is 68.2 Å². The number of anilines is 1. The van der Waals surface area contributed by atoms with Crippen LogP contribution in [-0.2, 0) is 24.2 Å². The van der Waals surface area contributed by atoms with Gasteiger partial charge in [-0.25, -0.2) is 8.78 Å². The molecular weight excluding hydrogens is 462 g/mol. The second-order valence-corrected chi connectivity index (χ2v) is 8.95. The molecule has 180 valence electrons. The van der Waals surface area contributed by atoms with Gasteiger partial charge in [0, 0.05) is 18.3 Å². The first-order valence-electron chi connectivity index (χ1n) is 11.5. The fourth-order valence-corrected chi connectivity index (χ4v) is 4.46. The summed E-state index contributed by atoms with van der Waals surface area (Å²) in [5.41, 5.74) is 5.33. The molecule has 1 N–H and O–H groups in total. The zero-order chi connectivity index (χ0) is 25.4. The van der Waals surface area contributed by atoms with Gasteiger partial charge in [0.2, 0.25) is 5.91 Å².